The zero-order valence-electron chi connectivity index (χ0n) is 14.6. The summed E-state index contributed by atoms with van der Waals surface area (Å²) in [5, 5.41) is 0. The van der Waals surface area contributed by atoms with Crippen LogP contribution in [0.5, 0.6) is 5.75 Å². The molecule has 1 heterocycles. The fourth-order valence-corrected chi connectivity index (χ4v) is 3.91. The van der Waals surface area contributed by atoms with Crippen LogP contribution in [-0.4, -0.2) is 56.7 Å². The van der Waals surface area contributed by atoms with Gasteiger partial charge >= 0.3 is 10.1 Å². The van der Waals surface area contributed by atoms with Gasteiger partial charge in [-0.15, -0.1) is 0 Å². The smallest absolute Gasteiger partial charge is 0.310 e. The fraction of sp³-hybridized carbons (Fsp3) is 0.368. The van der Waals surface area contributed by atoms with Crippen LogP contribution in [0.15, 0.2) is 54.6 Å². The van der Waals surface area contributed by atoms with Crippen LogP contribution in [-0.2, 0) is 16.7 Å². The van der Waals surface area contributed by atoms with Crippen molar-refractivity contribution in [3.63, 3.8) is 0 Å². The minimum Gasteiger partial charge on any atom is -0.382 e. The molecule has 3 rings (SSSR count). The second-order valence-electron chi connectivity index (χ2n) is 6.37. The molecule has 0 aliphatic carbocycles. The van der Waals surface area contributed by atoms with Gasteiger partial charge in [-0.25, -0.2) is 4.39 Å². The number of hydrogen-bond donors (Lipinski definition) is 0. The molecule has 0 unspecified atom stereocenters. The maximum Gasteiger partial charge on any atom is 0.310 e. The van der Waals surface area contributed by atoms with Crippen LogP contribution >= 0.6 is 0 Å². The van der Waals surface area contributed by atoms with Crippen LogP contribution in [0.4, 0.5) is 4.39 Å². The summed E-state index contributed by atoms with van der Waals surface area (Å²) in [7, 11) is -3.61. The molecule has 2 aromatic carbocycles. The van der Waals surface area contributed by atoms with Crippen molar-refractivity contribution in [1.29, 1.82) is 0 Å². The van der Waals surface area contributed by atoms with Gasteiger partial charge in [0.25, 0.3) is 0 Å². The van der Waals surface area contributed by atoms with Crippen LogP contribution in [0.2, 0.25) is 0 Å². The predicted octanol–water partition coefficient (Wildman–Crippen LogP) is 2.35. The molecular formula is C19H23FN2O3S. The van der Waals surface area contributed by atoms with E-state index in [4.69, 9.17) is 4.18 Å². The Morgan fingerprint density at radius 2 is 1.50 bits per heavy atom. The molecule has 0 N–H and O–H groups in total. The molecule has 1 fully saturated rings. The van der Waals surface area contributed by atoms with E-state index in [2.05, 4.69) is 9.80 Å². The predicted molar refractivity (Wildman–Crippen MR) is 99.0 cm³/mol. The summed E-state index contributed by atoms with van der Waals surface area (Å²) < 4.78 is 43.0. The van der Waals surface area contributed by atoms with Crippen LogP contribution in [0, 0.1) is 5.82 Å². The standard InChI is InChI=1S/C19H23FN2O3S/c20-19-9-5-4-6-17(19)16-22-12-10-21(11-13-22)14-15-26(23,24)25-18-7-2-1-3-8-18/h1-9H,10-16H2. The first-order chi connectivity index (χ1) is 12.5. The maximum atomic E-state index is 13.7. The highest BCUT2D eigenvalue weighted by Crippen LogP contribution is 2.14. The van der Waals surface area contributed by atoms with Crippen molar-refractivity contribution in [2.24, 2.45) is 0 Å². The Morgan fingerprint density at radius 3 is 2.19 bits per heavy atom. The van der Waals surface area contributed by atoms with Gasteiger partial charge in [0, 0.05) is 44.8 Å². The Hall–Kier alpha value is -1.96. The molecule has 0 amide bonds. The van der Waals surface area contributed by atoms with Crippen molar-refractivity contribution in [3.05, 3.63) is 66.0 Å². The highest BCUT2D eigenvalue weighted by molar-refractivity contribution is 7.87. The van der Waals surface area contributed by atoms with Gasteiger partial charge in [0.1, 0.15) is 11.6 Å². The molecule has 26 heavy (non-hydrogen) atoms. The lowest BCUT2D eigenvalue weighted by Crippen LogP contribution is -2.47. The van der Waals surface area contributed by atoms with E-state index in [0.717, 1.165) is 26.2 Å². The van der Waals surface area contributed by atoms with Crippen molar-refractivity contribution >= 4 is 10.1 Å². The number of benzene rings is 2. The summed E-state index contributed by atoms with van der Waals surface area (Å²) in [6.07, 6.45) is 0. The average Bonchev–Trinajstić information content (AvgIpc) is 2.64. The van der Waals surface area contributed by atoms with Crippen molar-refractivity contribution < 1.29 is 17.0 Å². The van der Waals surface area contributed by atoms with E-state index >= 15 is 0 Å². The summed E-state index contributed by atoms with van der Waals surface area (Å²) in [5.74, 6) is 0.108. The first-order valence-corrected chi connectivity index (χ1v) is 10.2. The van der Waals surface area contributed by atoms with Crippen LogP contribution in [0.1, 0.15) is 5.56 Å². The van der Waals surface area contributed by atoms with Gasteiger partial charge in [-0.2, -0.15) is 8.42 Å². The quantitative estimate of drug-likeness (QED) is 0.693. The monoisotopic (exact) mass is 378 g/mol. The number of para-hydroxylation sites is 1. The van der Waals surface area contributed by atoms with E-state index in [-0.39, 0.29) is 11.6 Å². The SMILES string of the molecule is O=S(=O)(CCN1CCN(Cc2ccccc2F)CC1)Oc1ccccc1. The van der Waals surface area contributed by atoms with Gasteiger partial charge in [0.05, 0.1) is 5.75 Å². The Labute approximate surface area is 154 Å². The summed E-state index contributed by atoms with van der Waals surface area (Å²) >= 11 is 0. The van der Waals surface area contributed by atoms with Crippen LogP contribution in [0.25, 0.3) is 0 Å². The third-order valence-electron chi connectivity index (χ3n) is 4.44. The highest BCUT2D eigenvalue weighted by Gasteiger charge is 2.21. The Balaban J connectivity index is 1.43. The lowest BCUT2D eigenvalue weighted by molar-refractivity contribution is 0.131. The van der Waals surface area contributed by atoms with Crippen molar-refractivity contribution in [2.45, 2.75) is 6.54 Å². The molecule has 1 saturated heterocycles. The van der Waals surface area contributed by atoms with E-state index in [1.807, 2.05) is 6.07 Å². The van der Waals surface area contributed by atoms with E-state index in [0.29, 0.717) is 24.4 Å². The summed E-state index contributed by atoms with van der Waals surface area (Å²) in [4.78, 5) is 4.29. The van der Waals surface area contributed by atoms with E-state index in [9.17, 15) is 12.8 Å². The molecule has 5 nitrogen and oxygen atoms in total. The average molecular weight is 378 g/mol. The van der Waals surface area contributed by atoms with Gasteiger partial charge in [0.15, 0.2) is 0 Å². The molecule has 7 heteroatoms. The molecule has 140 valence electrons. The molecule has 0 saturated carbocycles. The molecule has 0 aromatic heterocycles. The number of halogens is 1. The van der Waals surface area contributed by atoms with Gasteiger partial charge in [-0.1, -0.05) is 36.4 Å². The summed E-state index contributed by atoms with van der Waals surface area (Å²) in [6.45, 7) is 4.10. The number of piperazine rings is 1. The van der Waals surface area contributed by atoms with Crippen molar-refractivity contribution in [1.82, 2.24) is 9.80 Å². The highest BCUT2D eigenvalue weighted by atomic mass is 32.2. The third-order valence-corrected chi connectivity index (χ3v) is 5.57. The lowest BCUT2D eigenvalue weighted by atomic mass is 10.2. The molecule has 1 aliphatic heterocycles. The topological polar surface area (TPSA) is 49.9 Å². The van der Waals surface area contributed by atoms with Crippen molar-refractivity contribution in [2.75, 3.05) is 38.5 Å². The Morgan fingerprint density at radius 1 is 0.885 bits per heavy atom. The van der Waals surface area contributed by atoms with Gasteiger partial charge < -0.3 is 4.18 Å². The van der Waals surface area contributed by atoms with Crippen LogP contribution in [0.3, 0.4) is 0 Å². The van der Waals surface area contributed by atoms with E-state index < -0.39 is 10.1 Å². The number of hydrogen-bond acceptors (Lipinski definition) is 5. The zero-order valence-corrected chi connectivity index (χ0v) is 15.4. The van der Waals surface area contributed by atoms with Crippen LogP contribution < -0.4 is 4.18 Å². The Bertz CT molecular complexity index is 807. The first kappa shape index (κ1) is 18.8. The lowest BCUT2D eigenvalue weighted by Gasteiger charge is -2.34. The molecule has 0 spiro atoms. The second-order valence-corrected chi connectivity index (χ2v) is 8.06. The second kappa shape index (κ2) is 8.62. The van der Waals surface area contributed by atoms with E-state index in [1.165, 1.54) is 6.07 Å². The molecule has 2 aromatic rings. The minimum atomic E-state index is -3.61. The number of nitrogens with zero attached hydrogens (tertiary/aromatic N) is 2. The van der Waals surface area contributed by atoms with E-state index in [1.54, 1.807) is 42.5 Å². The zero-order chi connectivity index (χ0) is 18.4. The molecule has 0 radical (unpaired) electrons. The molecule has 0 bridgehead atoms. The summed E-state index contributed by atoms with van der Waals surface area (Å²) in [5.41, 5.74) is 0.694. The molecular weight excluding hydrogens is 355 g/mol. The van der Waals surface area contributed by atoms with Gasteiger partial charge in [-0.05, 0) is 18.2 Å². The maximum absolute atomic E-state index is 13.7. The largest absolute Gasteiger partial charge is 0.382 e. The number of rotatable bonds is 7. The molecule has 1 aliphatic rings. The fourth-order valence-electron chi connectivity index (χ4n) is 2.94. The van der Waals surface area contributed by atoms with Gasteiger partial charge in [-0.3, -0.25) is 9.80 Å². The van der Waals surface area contributed by atoms with Crippen molar-refractivity contribution in [3.8, 4) is 5.75 Å². The first-order valence-electron chi connectivity index (χ1n) is 8.67. The molecule has 0 atom stereocenters. The minimum absolute atomic E-state index is 0.0464. The Kier molecular flexibility index (Phi) is 6.24. The summed E-state index contributed by atoms with van der Waals surface area (Å²) in [6, 6.07) is 15.3. The van der Waals surface area contributed by atoms with Gasteiger partial charge in [0.2, 0.25) is 0 Å². The normalized spacial score (nSPS) is 16.5. The third kappa shape index (κ3) is 5.52.